The number of carbonyl (C=O) groups excluding carboxylic acids is 1. The second-order valence-corrected chi connectivity index (χ2v) is 6.10. The van der Waals surface area contributed by atoms with E-state index >= 15 is 0 Å². The molecule has 9 heteroatoms. The first-order valence-electron chi connectivity index (χ1n) is 8.46. The van der Waals surface area contributed by atoms with E-state index in [1.165, 1.54) is 12.1 Å². The lowest BCUT2D eigenvalue weighted by molar-refractivity contribution is -0.384. The Labute approximate surface area is 160 Å². The first kappa shape index (κ1) is 19.0. The number of benzene rings is 2. The molecule has 0 radical (unpaired) electrons. The zero-order chi connectivity index (χ0) is 20.3. The molecule has 1 N–H and O–H groups in total. The van der Waals surface area contributed by atoms with E-state index in [1.54, 1.807) is 14.0 Å². The molecule has 0 amide bonds. The molecule has 0 spiro atoms. The number of nitrogens with zero attached hydrogens (tertiary/aromatic N) is 3. The van der Waals surface area contributed by atoms with Crippen LogP contribution < -0.4 is 5.32 Å². The van der Waals surface area contributed by atoms with E-state index in [0.29, 0.717) is 11.6 Å². The van der Waals surface area contributed by atoms with Crippen molar-refractivity contribution >= 4 is 17.3 Å². The molecule has 0 bridgehead atoms. The van der Waals surface area contributed by atoms with Crippen LogP contribution in [0.2, 0.25) is 0 Å². The smallest absolute Gasteiger partial charge is 0.339 e. The van der Waals surface area contributed by atoms with Crippen LogP contribution in [-0.2, 0) is 4.74 Å². The molecule has 0 saturated carbocycles. The average Bonchev–Trinajstić information content (AvgIpc) is 3.18. The molecule has 28 heavy (non-hydrogen) atoms. The summed E-state index contributed by atoms with van der Waals surface area (Å²) < 4.78 is 10.9. The van der Waals surface area contributed by atoms with Gasteiger partial charge >= 0.3 is 5.97 Å². The van der Waals surface area contributed by atoms with Crippen LogP contribution in [-0.4, -0.2) is 28.1 Å². The SMILES string of the molecule is CNc1ccc(C(=O)OC(C)c2nnc(-c3ccc(C)cc3)o2)cc1[N+](=O)[O-]. The first-order valence-corrected chi connectivity index (χ1v) is 8.46. The van der Waals surface area contributed by atoms with Crippen LogP contribution >= 0.6 is 0 Å². The van der Waals surface area contributed by atoms with Gasteiger partial charge in [-0.1, -0.05) is 17.7 Å². The van der Waals surface area contributed by atoms with E-state index in [4.69, 9.17) is 9.15 Å². The topological polar surface area (TPSA) is 120 Å². The van der Waals surface area contributed by atoms with Crippen molar-refractivity contribution in [2.24, 2.45) is 0 Å². The molecule has 0 aliphatic heterocycles. The van der Waals surface area contributed by atoms with Crippen LogP contribution in [0.25, 0.3) is 11.5 Å². The predicted octanol–water partition coefficient (Wildman–Crippen LogP) is 3.91. The highest BCUT2D eigenvalue weighted by Crippen LogP contribution is 2.27. The minimum atomic E-state index is -0.817. The van der Waals surface area contributed by atoms with Crippen molar-refractivity contribution in [2.45, 2.75) is 20.0 Å². The van der Waals surface area contributed by atoms with E-state index in [0.717, 1.165) is 17.2 Å². The monoisotopic (exact) mass is 382 g/mol. The lowest BCUT2D eigenvalue weighted by Crippen LogP contribution is -2.10. The summed E-state index contributed by atoms with van der Waals surface area (Å²) in [6.07, 6.45) is -0.817. The fourth-order valence-electron chi connectivity index (χ4n) is 2.51. The van der Waals surface area contributed by atoms with Gasteiger partial charge in [0.15, 0.2) is 6.10 Å². The number of hydrogen-bond acceptors (Lipinski definition) is 8. The molecule has 1 heterocycles. The summed E-state index contributed by atoms with van der Waals surface area (Å²) in [5.74, 6) is -0.287. The normalized spacial score (nSPS) is 11.7. The zero-order valence-electron chi connectivity index (χ0n) is 15.5. The highest BCUT2D eigenvalue weighted by molar-refractivity contribution is 5.91. The molecule has 0 fully saturated rings. The first-order chi connectivity index (χ1) is 13.4. The van der Waals surface area contributed by atoms with Crippen LogP contribution in [0.4, 0.5) is 11.4 Å². The van der Waals surface area contributed by atoms with Crippen molar-refractivity contribution in [1.29, 1.82) is 0 Å². The molecule has 144 valence electrons. The fraction of sp³-hybridized carbons (Fsp3) is 0.211. The molecule has 3 aromatic rings. The molecule has 3 rings (SSSR count). The highest BCUT2D eigenvalue weighted by Gasteiger charge is 2.22. The van der Waals surface area contributed by atoms with Crippen LogP contribution in [0.15, 0.2) is 46.9 Å². The minimum absolute atomic E-state index is 0.0517. The number of nitro groups is 1. The number of esters is 1. The van der Waals surface area contributed by atoms with Gasteiger partial charge in [-0.2, -0.15) is 0 Å². The standard InChI is InChI=1S/C19H18N4O5/c1-11-4-6-13(7-5-11)18-22-21-17(28-18)12(2)27-19(24)14-8-9-15(20-3)16(10-14)23(25)26/h4-10,12,20H,1-3H3. The van der Waals surface area contributed by atoms with E-state index < -0.39 is 17.0 Å². The van der Waals surface area contributed by atoms with Gasteiger partial charge in [-0.15, -0.1) is 10.2 Å². The van der Waals surface area contributed by atoms with Crippen molar-refractivity contribution in [1.82, 2.24) is 10.2 Å². The van der Waals surface area contributed by atoms with Crippen molar-refractivity contribution in [2.75, 3.05) is 12.4 Å². The van der Waals surface area contributed by atoms with Gasteiger partial charge in [-0.3, -0.25) is 10.1 Å². The van der Waals surface area contributed by atoms with Crippen molar-refractivity contribution < 1.29 is 18.9 Å². The molecule has 1 aromatic heterocycles. The summed E-state index contributed by atoms with van der Waals surface area (Å²) in [5.41, 5.74) is 1.99. The number of nitro benzene ring substituents is 1. The molecule has 0 aliphatic rings. The summed E-state index contributed by atoms with van der Waals surface area (Å²) in [4.78, 5) is 22.9. The molecule has 1 atom stereocenters. The summed E-state index contributed by atoms with van der Waals surface area (Å²) in [7, 11) is 1.56. The molecule has 0 aliphatic carbocycles. The highest BCUT2D eigenvalue weighted by atomic mass is 16.6. The third-order valence-corrected chi connectivity index (χ3v) is 4.07. The van der Waals surface area contributed by atoms with Crippen LogP contribution in [0, 0.1) is 17.0 Å². The third-order valence-electron chi connectivity index (χ3n) is 4.07. The van der Waals surface area contributed by atoms with Gasteiger partial charge in [0.05, 0.1) is 10.5 Å². The van der Waals surface area contributed by atoms with E-state index in [1.807, 2.05) is 31.2 Å². The summed E-state index contributed by atoms with van der Waals surface area (Å²) in [6.45, 7) is 3.55. The van der Waals surface area contributed by atoms with E-state index in [-0.39, 0.29) is 17.1 Å². The van der Waals surface area contributed by atoms with Crippen molar-refractivity contribution in [3.05, 3.63) is 69.6 Å². The number of nitrogens with one attached hydrogen (secondary N) is 1. The molecular formula is C19H18N4O5. The van der Waals surface area contributed by atoms with Crippen LogP contribution in [0.5, 0.6) is 0 Å². The van der Waals surface area contributed by atoms with Gasteiger partial charge < -0.3 is 14.5 Å². The maximum atomic E-state index is 12.4. The molecule has 1 unspecified atom stereocenters. The van der Waals surface area contributed by atoms with E-state index in [2.05, 4.69) is 15.5 Å². The number of rotatable bonds is 6. The fourth-order valence-corrected chi connectivity index (χ4v) is 2.51. The van der Waals surface area contributed by atoms with E-state index in [9.17, 15) is 14.9 Å². The molecule has 0 saturated heterocycles. The molecular weight excluding hydrogens is 364 g/mol. The Balaban J connectivity index is 1.75. The molecule has 2 aromatic carbocycles. The summed E-state index contributed by atoms with van der Waals surface area (Å²) >= 11 is 0. The number of ether oxygens (including phenoxy) is 1. The van der Waals surface area contributed by atoms with Crippen LogP contribution in [0.1, 0.15) is 34.8 Å². The summed E-state index contributed by atoms with van der Waals surface area (Å²) in [5, 5.41) is 21.7. The van der Waals surface area contributed by atoms with Gasteiger partial charge in [0.1, 0.15) is 5.69 Å². The maximum Gasteiger partial charge on any atom is 0.339 e. The minimum Gasteiger partial charge on any atom is -0.449 e. The number of aromatic nitrogens is 2. The van der Waals surface area contributed by atoms with Crippen LogP contribution in [0.3, 0.4) is 0 Å². The Bertz CT molecular complexity index is 1010. The lowest BCUT2D eigenvalue weighted by atomic mass is 10.1. The molecule has 9 nitrogen and oxygen atoms in total. The van der Waals surface area contributed by atoms with Gasteiger partial charge in [0, 0.05) is 18.7 Å². The third kappa shape index (κ3) is 3.98. The Kier molecular flexibility index (Phi) is 5.35. The van der Waals surface area contributed by atoms with Gasteiger partial charge in [0.2, 0.25) is 5.89 Å². The Morgan fingerprint density at radius 2 is 1.93 bits per heavy atom. The number of hydrogen-bond donors (Lipinski definition) is 1. The summed E-state index contributed by atoms with van der Waals surface area (Å²) in [6, 6.07) is 11.6. The van der Waals surface area contributed by atoms with Gasteiger partial charge in [0.25, 0.3) is 11.6 Å². The zero-order valence-corrected chi connectivity index (χ0v) is 15.5. The van der Waals surface area contributed by atoms with Crippen molar-refractivity contribution in [3.63, 3.8) is 0 Å². The van der Waals surface area contributed by atoms with Crippen molar-refractivity contribution in [3.8, 4) is 11.5 Å². The number of anilines is 1. The number of carbonyl (C=O) groups is 1. The Morgan fingerprint density at radius 3 is 2.57 bits per heavy atom. The largest absolute Gasteiger partial charge is 0.449 e. The average molecular weight is 382 g/mol. The second kappa shape index (κ2) is 7.87. The van der Waals surface area contributed by atoms with Gasteiger partial charge in [-0.25, -0.2) is 4.79 Å². The quantitative estimate of drug-likeness (QED) is 0.387. The number of aryl methyl sites for hydroxylation is 1. The Morgan fingerprint density at radius 1 is 1.21 bits per heavy atom. The maximum absolute atomic E-state index is 12.4. The lowest BCUT2D eigenvalue weighted by Gasteiger charge is -2.10. The Hall–Kier alpha value is -3.75. The van der Waals surface area contributed by atoms with Gasteiger partial charge in [-0.05, 0) is 38.1 Å². The second-order valence-electron chi connectivity index (χ2n) is 6.10. The predicted molar refractivity (Wildman–Crippen MR) is 101 cm³/mol.